The fraction of sp³-hybridized carbons (Fsp3) is 0.706. The van der Waals surface area contributed by atoms with E-state index >= 15 is 0 Å². The van der Waals surface area contributed by atoms with E-state index in [1.54, 1.807) is 41.5 Å². The smallest absolute Gasteiger partial charge is 0.327 e. The van der Waals surface area contributed by atoms with Crippen molar-refractivity contribution in [3.63, 3.8) is 0 Å². The number of aliphatic hydroxyl groups is 2. The van der Waals surface area contributed by atoms with Gasteiger partial charge in [0.25, 0.3) is 0 Å². The maximum atomic E-state index is 14.4. The van der Waals surface area contributed by atoms with Crippen molar-refractivity contribution < 1.29 is 87.5 Å². The number of β-lactam (4-membered cyclic amide) rings is 1. The monoisotopic (exact) mass is 1520 g/mol. The Morgan fingerprint density at radius 2 is 1.07 bits per heavy atom. The molecular formula is C68H117N19O18S. The van der Waals surface area contributed by atoms with Gasteiger partial charge in [-0.05, 0) is 154 Å². The van der Waals surface area contributed by atoms with Gasteiger partial charge in [-0.25, -0.2) is 4.79 Å². The fourth-order valence-corrected chi connectivity index (χ4v) is 13.4. The highest BCUT2D eigenvalue weighted by molar-refractivity contribution is 8.01. The highest BCUT2D eigenvalue weighted by Gasteiger charge is 2.64. The number of hydrogen-bond donors (Lipinski definition) is 22. The number of aliphatic carboxylic acids is 1. The van der Waals surface area contributed by atoms with Crippen LogP contribution >= 0.6 is 11.8 Å². The summed E-state index contributed by atoms with van der Waals surface area (Å²) in [6, 6.07) is -11.3. The summed E-state index contributed by atoms with van der Waals surface area (Å²) >= 11 is 1.35. The Kier molecular flexibility index (Phi) is 38.7. The van der Waals surface area contributed by atoms with Crippen LogP contribution in [0.25, 0.3) is 0 Å². The van der Waals surface area contributed by atoms with E-state index in [1.807, 2.05) is 6.92 Å². The summed E-state index contributed by atoms with van der Waals surface area (Å²) in [6.07, 6.45) is -1.79. The standard InChI is InChI=1S/C52H98N16O13.C16H19N3O5S/c1-9-29(6)11-10-12-40(71)59-32(13-19-53)47(76)68-42(31(8)70)52(81)64-35(16-22-56)44(73)63-37-18-24-58-51(80)41(30(7)69)67-48(77)36(17-23-57)61-43(72)33(14-20-54)62-49(78)38(25-27(2)3)66-50(79)39(26-28(4)5)65-45(74)34(15-21-55)60-46(37)75;1-16(2)11(15(23)24)19-13(22)10(14(19)25-16)18-12(21)9(17)7-3-5-8(20)6-4-7/h27-39,41-42,69-70H,9-26,53-57H2,1-8H3,(H,58,80)(H,59,71)(H,60,75)(H,61,72)(H,62,78)(H,63,73)(H,64,81)(H,65,74)(H,66,79)(H,67,77)(H,68,76);3-6,9-11,14,20H,17H2,1-2H3,(H,18,21)(H,23,24)/t29?,30-,31-,32+,33+,34+,35+,36+,37+,38+,39-,41+,42+;9-,10-,11+,14-/m11/s1. The molecule has 0 spiro atoms. The van der Waals surface area contributed by atoms with Crippen molar-refractivity contribution in [2.75, 3.05) is 39.3 Å². The SMILES string of the molecule is CC1(C)S[C@@H]2[C@H](NC(=O)[C@H](N)c3ccc(O)cc3)C(=O)N2[C@H]1C(=O)O.CCC(C)CCCC(=O)N[C@@H](CCN)C(=O)N[C@H](C(=O)N[C@@H](CCN)C(=O)N[C@H]1CCNC(=O)[C@H]([C@@H](C)O)NC(=O)[C@H](CCN)NC(=O)[C@H](CCN)NC(=O)[C@H](CC(C)C)NC(=O)[C@@H](CC(C)C)NC(=O)[C@H](CCN)NC1=O)[C@@H](C)O. The molecule has 17 atom stereocenters. The van der Waals surface area contributed by atoms with E-state index in [9.17, 15) is 87.5 Å². The molecule has 1 aromatic rings. The number of aromatic hydroxyl groups is 1. The number of carboxylic acid groups (broad SMARTS) is 1. The number of thioether (sulfide) groups is 1. The number of carboxylic acids is 1. The average Bonchev–Trinajstić information content (AvgIpc) is 1.56. The van der Waals surface area contributed by atoms with E-state index in [-0.39, 0.29) is 102 Å². The van der Waals surface area contributed by atoms with Crippen LogP contribution in [0.2, 0.25) is 0 Å². The van der Waals surface area contributed by atoms with Crippen molar-refractivity contribution >= 4 is 94.5 Å². The quantitative estimate of drug-likeness (QED) is 0.0299. The number of amides is 13. The molecule has 0 bridgehead atoms. The van der Waals surface area contributed by atoms with Crippen LogP contribution in [0.15, 0.2) is 24.3 Å². The van der Waals surface area contributed by atoms with Gasteiger partial charge in [0.2, 0.25) is 76.8 Å². The van der Waals surface area contributed by atoms with Gasteiger partial charge in [0.15, 0.2) is 0 Å². The molecule has 3 aliphatic rings. The predicted octanol–water partition coefficient (Wildman–Crippen LogP) is -5.81. The lowest BCUT2D eigenvalue weighted by Crippen LogP contribution is -2.71. The maximum absolute atomic E-state index is 14.4. The first-order chi connectivity index (χ1) is 49.8. The van der Waals surface area contributed by atoms with Crippen LogP contribution in [0, 0.1) is 17.8 Å². The summed E-state index contributed by atoms with van der Waals surface area (Å²) in [5, 5.41) is 70.3. The van der Waals surface area contributed by atoms with Gasteiger partial charge in [0, 0.05) is 17.7 Å². The van der Waals surface area contributed by atoms with Gasteiger partial charge in [-0.2, -0.15) is 0 Å². The second-order valence-electron chi connectivity index (χ2n) is 28.3. The van der Waals surface area contributed by atoms with Crippen molar-refractivity contribution in [1.82, 2.24) is 68.7 Å². The van der Waals surface area contributed by atoms with Crippen LogP contribution in [0.4, 0.5) is 0 Å². The fourth-order valence-electron chi connectivity index (χ4n) is 11.8. The molecule has 37 nitrogen and oxygen atoms in total. The van der Waals surface area contributed by atoms with Crippen LogP contribution in [-0.4, -0.2) is 242 Å². The molecule has 1 unspecified atom stereocenters. The number of phenolic OH excluding ortho intramolecular Hbond substituents is 1. The lowest BCUT2D eigenvalue weighted by atomic mass is 9.95. The molecule has 3 aliphatic heterocycles. The van der Waals surface area contributed by atoms with Gasteiger partial charge >= 0.3 is 5.97 Å². The molecule has 0 radical (unpaired) electrons. The van der Waals surface area contributed by atoms with Crippen LogP contribution in [0.1, 0.15) is 158 Å². The largest absolute Gasteiger partial charge is 0.508 e. The number of nitrogens with two attached hydrogens (primary N) is 6. The highest BCUT2D eigenvalue weighted by atomic mass is 32.2. The number of hydrogen-bond acceptors (Lipinski definition) is 24. The number of phenols is 1. The highest BCUT2D eigenvalue weighted by Crippen LogP contribution is 2.51. The van der Waals surface area contributed by atoms with Crippen molar-refractivity contribution in [1.29, 1.82) is 0 Å². The van der Waals surface area contributed by atoms with Gasteiger partial charge in [0.05, 0.1) is 12.2 Å². The van der Waals surface area contributed by atoms with Gasteiger partial charge in [-0.3, -0.25) is 62.3 Å². The first-order valence-corrected chi connectivity index (χ1v) is 36.9. The van der Waals surface area contributed by atoms with Crippen LogP contribution in [0.3, 0.4) is 0 Å². The minimum atomic E-state index is -1.69. The van der Waals surface area contributed by atoms with E-state index < -0.39 is 197 Å². The van der Waals surface area contributed by atoms with Crippen molar-refractivity contribution in [2.45, 2.75) is 247 Å². The summed E-state index contributed by atoms with van der Waals surface area (Å²) in [7, 11) is 0. The van der Waals surface area contributed by atoms with Crippen LogP contribution < -0.4 is 98.2 Å². The Morgan fingerprint density at radius 1 is 0.594 bits per heavy atom. The van der Waals surface area contributed by atoms with Gasteiger partial charge < -0.3 is 124 Å². The molecule has 0 aliphatic carbocycles. The topological polar surface area (TPSA) is 624 Å². The van der Waals surface area contributed by atoms with E-state index in [2.05, 4.69) is 70.7 Å². The third-order valence-electron chi connectivity index (χ3n) is 17.9. The molecule has 13 amide bonds. The molecule has 598 valence electrons. The molecular weight excluding hydrogens is 1400 g/mol. The average molecular weight is 1520 g/mol. The summed E-state index contributed by atoms with van der Waals surface area (Å²) in [4.78, 5) is 190. The van der Waals surface area contributed by atoms with Crippen molar-refractivity contribution in [2.24, 2.45) is 52.2 Å². The first-order valence-electron chi connectivity index (χ1n) is 36.1. The Morgan fingerprint density at radius 3 is 1.52 bits per heavy atom. The Balaban J connectivity index is 0.000000965. The van der Waals surface area contributed by atoms with E-state index in [4.69, 9.17) is 34.4 Å². The molecule has 28 N–H and O–H groups in total. The number of benzene rings is 1. The summed E-state index contributed by atoms with van der Waals surface area (Å²) in [6.45, 7) is 16.1. The maximum Gasteiger partial charge on any atom is 0.327 e. The molecule has 4 rings (SSSR count). The van der Waals surface area contributed by atoms with Crippen molar-refractivity contribution in [3.05, 3.63) is 29.8 Å². The number of nitrogens with one attached hydrogen (secondary N) is 12. The minimum absolute atomic E-state index is 0.0146. The zero-order valence-electron chi connectivity index (χ0n) is 62.3. The van der Waals surface area contributed by atoms with Crippen molar-refractivity contribution in [3.8, 4) is 5.75 Å². The number of carbonyl (C=O) groups excluding carboxylic acids is 13. The van der Waals surface area contributed by atoms with Gasteiger partial charge in [0.1, 0.15) is 89.7 Å². The van der Waals surface area contributed by atoms with Gasteiger partial charge in [-0.15, -0.1) is 11.8 Å². The molecule has 0 aromatic heterocycles. The van der Waals surface area contributed by atoms with Gasteiger partial charge in [-0.1, -0.05) is 66.5 Å². The van der Waals surface area contributed by atoms with Crippen LogP contribution in [0.5, 0.6) is 5.75 Å². The molecule has 0 saturated carbocycles. The normalized spacial score (nSPS) is 24.6. The molecule has 3 saturated heterocycles. The lowest BCUT2D eigenvalue weighted by molar-refractivity contribution is -0.161. The Hall–Kier alpha value is -8.37. The molecule has 1 aromatic carbocycles. The lowest BCUT2D eigenvalue weighted by Gasteiger charge is -2.43. The number of rotatable bonds is 32. The summed E-state index contributed by atoms with van der Waals surface area (Å²) in [5.74, 6) is -11.5. The molecule has 3 heterocycles. The zero-order chi connectivity index (χ0) is 80.0. The third-order valence-corrected chi connectivity index (χ3v) is 19.5. The second kappa shape index (κ2) is 44.7. The van der Waals surface area contributed by atoms with E-state index in [0.29, 0.717) is 17.9 Å². The summed E-state index contributed by atoms with van der Waals surface area (Å²) in [5.41, 5.74) is 35.6. The Bertz CT molecular complexity index is 3150. The number of fused-ring (bicyclic) bond motifs is 1. The summed E-state index contributed by atoms with van der Waals surface area (Å²) < 4.78 is -0.648. The Labute approximate surface area is 622 Å². The minimum Gasteiger partial charge on any atom is -0.508 e. The van der Waals surface area contributed by atoms with E-state index in [1.165, 1.54) is 54.8 Å². The van der Waals surface area contributed by atoms with Crippen LogP contribution in [-0.2, 0) is 67.1 Å². The van der Waals surface area contributed by atoms with E-state index in [0.717, 1.165) is 12.8 Å². The molecule has 106 heavy (non-hydrogen) atoms. The third kappa shape index (κ3) is 28.4. The molecule has 38 heteroatoms. The molecule has 3 fully saturated rings. The first kappa shape index (κ1) is 91.8. The zero-order valence-corrected chi connectivity index (χ0v) is 63.1. The number of carbonyl (C=O) groups is 14. The number of aliphatic hydroxyl groups excluding tert-OH is 2. The number of nitrogens with zero attached hydrogens (tertiary/aromatic N) is 1. The second-order valence-corrected chi connectivity index (χ2v) is 30.1. The predicted molar refractivity (Wildman–Crippen MR) is 392 cm³/mol.